The highest BCUT2D eigenvalue weighted by Gasteiger charge is 2.53. The highest BCUT2D eigenvalue weighted by atomic mass is 16.8. The maximum Gasteiger partial charge on any atom is 0.390 e. The summed E-state index contributed by atoms with van der Waals surface area (Å²) in [4.78, 5) is 23.7. The Bertz CT molecular complexity index is 751. The van der Waals surface area contributed by atoms with Crippen LogP contribution in [0.15, 0.2) is 66.4 Å². The van der Waals surface area contributed by atoms with Crippen molar-refractivity contribution in [1.29, 1.82) is 0 Å². The van der Waals surface area contributed by atoms with E-state index in [1.165, 1.54) is 6.08 Å². The van der Waals surface area contributed by atoms with Crippen LogP contribution in [-0.4, -0.2) is 22.8 Å². The molecule has 2 aromatic carbocycles. The molecule has 5 nitrogen and oxygen atoms in total. The Balaban J connectivity index is 1.90. The van der Waals surface area contributed by atoms with Gasteiger partial charge in [0, 0.05) is 0 Å². The fourth-order valence-electron chi connectivity index (χ4n) is 2.33. The molecule has 3 rings (SSSR count). The minimum absolute atomic E-state index is 0.0684. The Morgan fingerprint density at radius 2 is 1.61 bits per heavy atom. The van der Waals surface area contributed by atoms with E-state index >= 15 is 0 Å². The van der Waals surface area contributed by atoms with Crippen LogP contribution in [0, 0.1) is 0 Å². The normalized spacial score (nSPS) is 21.7. The number of benzene rings is 2. The second-order valence-corrected chi connectivity index (χ2v) is 5.13. The lowest BCUT2D eigenvalue weighted by Gasteiger charge is -2.21. The number of esters is 1. The number of rotatable bonds is 4. The van der Waals surface area contributed by atoms with E-state index in [0.717, 1.165) is 5.56 Å². The van der Waals surface area contributed by atoms with Gasteiger partial charge in [0.05, 0.1) is 6.42 Å². The third-order valence-electron chi connectivity index (χ3n) is 3.44. The molecule has 2 aromatic rings. The summed E-state index contributed by atoms with van der Waals surface area (Å²) in [6, 6.07) is 17.9. The lowest BCUT2D eigenvalue weighted by Crippen LogP contribution is -2.42. The number of ether oxygens (including phenoxy) is 2. The van der Waals surface area contributed by atoms with Crippen molar-refractivity contribution in [3.63, 3.8) is 0 Å². The first-order valence-corrected chi connectivity index (χ1v) is 7.05. The number of carboxylic acids is 1. The second kappa shape index (κ2) is 5.96. The Kier molecular flexibility index (Phi) is 3.85. The van der Waals surface area contributed by atoms with Gasteiger partial charge >= 0.3 is 17.7 Å². The van der Waals surface area contributed by atoms with Gasteiger partial charge in [-0.3, -0.25) is 0 Å². The van der Waals surface area contributed by atoms with Crippen LogP contribution in [0.1, 0.15) is 11.1 Å². The van der Waals surface area contributed by atoms with Crippen LogP contribution in [0.3, 0.4) is 0 Å². The van der Waals surface area contributed by atoms with Crippen molar-refractivity contribution in [3.05, 3.63) is 77.5 Å². The Labute approximate surface area is 132 Å². The highest BCUT2D eigenvalue weighted by molar-refractivity contribution is 5.96. The summed E-state index contributed by atoms with van der Waals surface area (Å²) < 4.78 is 10.5. The molecular weight excluding hydrogens is 296 g/mol. The SMILES string of the molecule is O=C1O[C@@](Cc2ccccc2)(C(=O)O)O/C1=C\c1ccccc1. The molecule has 1 atom stereocenters. The number of hydrogen-bond acceptors (Lipinski definition) is 4. The average Bonchev–Trinajstić information content (AvgIpc) is 2.86. The molecule has 0 amide bonds. The number of carbonyl (C=O) groups is 2. The average molecular weight is 310 g/mol. The van der Waals surface area contributed by atoms with Crippen LogP contribution in [0.2, 0.25) is 0 Å². The molecule has 0 unspecified atom stereocenters. The van der Waals surface area contributed by atoms with E-state index in [1.807, 2.05) is 12.1 Å². The van der Waals surface area contributed by atoms with Gasteiger partial charge in [-0.25, -0.2) is 9.59 Å². The fraction of sp³-hybridized carbons (Fsp3) is 0.111. The van der Waals surface area contributed by atoms with Gasteiger partial charge in [0.1, 0.15) is 0 Å². The summed E-state index contributed by atoms with van der Waals surface area (Å²) >= 11 is 0. The van der Waals surface area contributed by atoms with E-state index in [0.29, 0.717) is 5.56 Å². The molecule has 116 valence electrons. The third kappa shape index (κ3) is 3.08. The summed E-state index contributed by atoms with van der Waals surface area (Å²) in [5, 5.41) is 9.50. The Morgan fingerprint density at radius 1 is 1.00 bits per heavy atom. The van der Waals surface area contributed by atoms with Crippen molar-refractivity contribution in [2.45, 2.75) is 12.2 Å². The number of carboxylic acid groups (broad SMARTS) is 1. The van der Waals surface area contributed by atoms with E-state index < -0.39 is 17.7 Å². The van der Waals surface area contributed by atoms with E-state index in [9.17, 15) is 14.7 Å². The van der Waals surface area contributed by atoms with Gasteiger partial charge < -0.3 is 14.6 Å². The van der Waals surface area contributed by atoms with Crippen LogP contribution < -0.4 is 0 Å². The largest absolute Gasteiger partial charge is 0.475 e. The first-order chi connectivity index (χ1) is 11.1. The van der Waals surface area contributed by atoms with Crippen molar-refractivity contribution in [3.8, 4) is 0 Å². The van der Waals surface area contributed by atoms with Crippen molar-refractivity contribution >= 4 is 18.0 Å². The number of aliphatic carboxylic acids is 1. The molecule has 1 saturated heterocycles. The topological polar surface area (TPSA) is 72.8 Å². The number of cyclic esters (lactones) is 1. The van der Waals surface area contributed by atoms with Gasteiger partial charge in [-0.05, 0) is 17.2 Å². The van der Waals surface area contributed by atoms with Gasteiger partial charge in [0.25, 0.3) is 0 Å². The molecule has 0 aliphatic carbocycles. The van der Waals surface area contributed by atoms with Gasteiger partial charge in [0.15, 0.2) is 0 Å². The van der Waals surface area contributed by atoms with Gasteiger partial charge in [-0.1, -0.05) is 60.7 Å². The summed E-state index contributed by atoms with van der Waals surface area (Å²) in [5.74, 6) is -4.27. The van der Waals surface area contributed by atoms with Gasteiger partial charge in [0.2, 0.25) is 5.76 Å². The van der Waals surface area contributed by atoms with Crippen LogP contribution >= 0.6 is 0 Å². The zero-order valence-electron chi connectivity index (χ0n) is 12.1. The van der Waals surface area contributed by atoms with E-state index in [2.05, 4.69) is 0 Å². The van der Waals surface area contributed by atoms with Gasteiger partial charge in [-0.2, -0.15) is 0 Å². The number of hydrogen-bond donors (Lipinski definition) is 1. The summed E-state index contributed by atoms with van der Waals surface area (Å²) in [6.45, 7) is 0. The van der Waals surface area contributed by atoms with Crippen LogP contribution in [-0.2, 0) is 25.5 Å². The quantitative estimate of drug-likeness (QED) is 0.694. The first kappa shape index (κ1) is 14.8. The number of carbonyl (C=O) groups excluding carboxylic acids is 1. The first-order valence-electron chi connectivity index (χ1n) is 7.05. The summed E-state index contributed by atoms with van der Waals surface area (Å²) in [6.07, 6.45) is 1.40. The molecule has 1 aliphatic rings. The Hall–Kier alpha value is -3.08. The second-order valence-electron chi connectivity index (χ2n) is 5.13. The van der Waals surface area contributed by atoms with Crippen molar-refractivity contribution < 1.29 is 24.2 Å². The highest BCUT2D eigenvalue weighted by Crippen LogP contribution is 2.32. The molecular formula is C18H14O5. The maximum atomic E-state index is 12.0. The molecule has 1 fully saturated rings. The molecule has 1 aliphatic heterocycles. The molecule has 1 N–H and O–H groups in total. The molecule has 0 radical (unpaired) electrons. The zero-order valence-corrected chi connectivity index (χ0v) is 12.1. The smallest absolute Gasteiger partial charge is 0.390 e. The van der Waals surface area contributed by atoms with Crippen molar-refractivity contribution in [1.82, 2.24) is 0 Å². The van der Waals surface area contributed by atoms with Gasteiger partial charge in [-0.15, -0.1) is 0 Å². The molecule has 0 aromatic heterocycles. The fourth-order valence-corrected chi connectivity index (χ4v) is 2.33. The van der Waals surface area contributed by atoms with Crippen LogP contribution in [0.5, 0.6) is 0 Å². The lowest BCUT2D eigenvalue weighted by molar-refractivity contribution is -0.200. The minimum Gasteiger partial charge on any atom is -0.475 e. The van der Waals surface area contributed by atoms with Crippen molar-refractivity contribution in [2.75, 3.05) is 0 Å². The predicted molar refractivity (Wildman–Crippen MR) is 82.1 cm³/mol. The molecule has 0 spiro atoms. The standard InChI is InChI=1S/C18H14O5/c19-16-15(11-13-7-3-1-4-8-13)22-18(23-16,17(20)21)12-14-9-5-2-6-10-14/h1-11H,12H2,(H,20,21)/b15-11-/t18-/m0/s1. The minimum atomic E-state index is -2.03. The van der Waals surface area contributed by atoms with E-state index in [4.69, 9.17) is 9.47 Å². The van der Waals surface area contributed by atoms with Crippen LogP contribution in [0.25, 0.3) is 6.08 Å². The maximum absolute atomic E-state index is 12.0. The third-order valence-corrected chi connectivity index (χ3v) is 3.44. The molecule has 23 heavy (non-hydrogen) atoms. The molecule has 0 bridgehead atoms. The molecule has 0 saturated carbocycles. The van der Waals surface area contributed by atoms with E-state index in [1.54, 1.807) is 48.5 Å². The zero-order chi connectivity index (χ0) is 16.3. The lowest BCUT2D eigenvalue weighted by atomic mass is 10.1. The molecule has 1 heterocycles. The summed E-state index contributed by atoms with van der Waals surface area (Å²) in [5.41, 5.74) is 1.42. The van der Waals surface area contributed by atoms with Crippen LogP contribution in [0.4, 0.5) is 0 Å². The predicted octanol–water partition coefficient (Wildman–Crippen LogP) is 2.62. The van der Waals surface area contributed by atoms with E-state index in [-0.39, 0.29) is 12.2 Å². The Morgan fingerprint density at radius 3 is 2.22 bits per heavy atom. The monoisotopic (exact) mass is 310 g/mol. The molecule has 5 heteroatoms. The van der Waals surface area contributed by atoms with Crippen molar-refractivity contribution in [2.24, 2.45) is 0 Å². The summed E-state index contributed by atoms with van der Waals surface area (Å²) in [7, 11) is 0.